The van der Waals surface area contributed by atoms with Crippen LogP contribution in [-0.4, -0.2) is 54.6 Å². The monoisotopic (exact) mass is 365 g/mol. The van der Waals surface area contributed by atoms with Crippen LogP contribution in [0.3, 0.4) is 0 Å². The second kappa shape index (κ2) is 10.3. The van der Waals surface area contributed by atoms with Crippen molar-refractivity contribution >= 4 is 17.6 Å². The number of nitrogens with one attached hydrogen (secondary N) is 2. The van der Waals surface area contributed by atoms with Gasteiger partial charge in [-0.15, -0.1) is 0 Å². The first-order chi connectivity index (χ1) is 12.5. The lowest BCUT2D eigenvalue weighted by Crippen LogP contribution is -3.12. The number of aryl methyl sites for hydroxylation is 1. The van der Waals surface area contributed by atoms with Gasteiger partial charge in [-0.3, -0.25) is 9.59 Å². The largest absolute Gasteiger partial charge is 0.360 e. The van der Waals surface area contributed by atoms with Gasteiger partial charge in [0.25, 0.3) is 0 Å². The first-order valence-electron chi connectivity index (χ1n) is 9.89. The van der Waals surface area contributed by atoms with E-state index in [1.165, 1.54) is 11.3 Å². The summed E-state index contributed by atoms with van der Waals surface area (Å²) in [6, 6.07) is 1.67. The minimum atomic E-state index is -0.225. The molecule has 0 radical (unpaired) electrons. The minimum Gasteiger partial charge on any atom is -0.360 e. The van der Waals surface area contributed by atoms with E-state index < -0.39 is 0 Å². The molecule has 7 nitrogen and oxygen atoms in total. The average molecular weight is 365 g/mol. The standard InChI is InChI=1S/C19H32N4O3/c1-4-22(5-2)11-12-23(19(25)16-9-7-6-8-10-16)14-18(24)20-17-13-15(3)26-21-17/h13,16H,4-12,14H2,1-3H3,(H,20,21,24)/p+1. The van der Waals surface area contributed by atoms with Crippen molar-refractivity contribution in [1.29, 1.82) is 0 Å². The van der Waals surface area contributed by atoms with E-state index in [4.69, 9.17) is 4.52 Å². The highest BCUT2D eigenvalue weighted by Crippen LogP contribution is 2.25. The van der Waals surface area contributed by atoms with Gasteiger partial charge in [0.2, 0.25) is 11.8 Å². The number of hydrogen-bond acceptors (Lipinski definition) is 4. The Morgan fingerprint density at radius 2 is 1.96 bits per heavy atom. The van der Waals surface area contributed by atoms with Crippen LogP contribution in [0.5, 0.6) is 0 Å². The number of nitrogens with zero attached hydrogens (tertiary/aromatic N) is 2. The fourth-order valence-electron chi connectivity index (χ4n) is 3.55. The van der Waals surface area contributed by atoms with Gasteiger partial charge in [0.05, 0.1) is 26.2 Å². The number of likely N-dealkylation sites (N-methyl/N-ethyl adjacent to an activating group) is 1. The van der Waals surface area contributed by atoms with Crippen LogP contribution in [-0.2, 0) is 9.59 Å². The zero-order valence-corrected chi connectivity index (χ0v) is 16.3. The molecule has 0 atom stereocenters. The molecule has 0 spiro atoms. The maximum Gasteiger partial charge on any atom is 0.245 e. The van der Waals surface area contributed by atoms with E-state index in [0.717, 1.165) is 45.3 Å². The Morgan fingerprint density at radius 3 is 2.54 bits per heavy atom. The molecule has 1 aliphatic rings. The van der Waals surface area contributed by atoms with Crippen molar-refractivity contribution in [1.82, 2.24) is 10.1 Å². The predicted octanol–water partition coefficient (Wildman–Crippen LogP) is 1.26. The van der Waals surface area contributed by atoms with Crippen molar-refractivity contribution < 1.29 is 19.0 Å². The van der Waals surface area contributed by atoms with Crippen LogP contribution in [0.4, 0.5) is 5.82 Å². The molecule has 0 unspecified atom stereocenters. The van der Waals surface area contributed by atoms with Crippen LogP contribution in [0, 0.1) is 12.8 Å². The molecule has 0 aromatic carbocycles. The normalized spacial score (nSPS) is 15.2. The predicted molar refractivity (Wildman–Crippen MR) is 99.9 cm³/mol. The Hall–Kier alpha value is -1.89. The Kier molecular flexibility index (Phi) is 8.09. The second-order valence-corrected chi connectivity index (χ2v) is 7.17. The summed E-state index contributed by atoms with van der Waals surface area (Å²) in [5, 5.41) is 6.51. The average Bonchev–Trinajstić information content (AvgIpc) is 3.06. The van der Waals surface area contributed by atoms with Crippen molar-refractivity contribution in [2.24, 2.45) is 5.92 Å². The van der Waals surface area contributed by atoms with E-state index in [1.807, 2.05) is 0 Å². The van der Waals surface area contributed by atoms with Crippen molar-refractivity contribution in [3.8, 4) is 0 Å². The summed E-state index contributed by atoms with van der Waals surface area (Å²) in [6.07, 6.45) is 5.31. The topological polar surface area (TPSA) is 79.9 Å². The van der Waals surface area contributed by atoms with Gasteiger partial charge in [0.1, 0.15) is 12.3 Å². The second-order valence-electron chi connectivity index (χ2n) is 7.17. The maximum atomic E-state index is 13.0. The number of amides is 2. The third-order valence-corrected chi connectivity index (χ3v) is 5.23. The van der Waals surface area contributed by atoms with Crippen molar-refractivity contribution in [3.05, 3.63) is 11.8 Å². The molecule has 0 bridgehead atoms. The Bertz CT molecular complexity index is 577. The Morgan fingerprint density at radius 1 is 1.27 bits per heavy atom. The molecule has 0 aliphatic heterocycles. The van der Waals surface area contributed by atoms with Gasteiger partial charge >= 0.3 is 0 Å². The van der Waals surface area contributed by atoms with E-state index in [9.17, 15) is 9.59 Å². The molecule has 1 heterocycles. The number of carbonyl (C=O) groups is 2. The van der Waals surface area contributed by atoms with E-state index >= 15 is 0 Å². The van der Waals surface area contributed by atoms with Crippen LogP contribution < -0.4 is 10.2 Å². The zero-order chi connectivity index (χ0) is 18.9. The fourth-order valence-corrected chi connectivity index (χ4v) is 3.55. The molecule has 7 heteroatoms. The molecule has 1 aliphatic carbocycles. The molecule has 0 saturated heterocycles. The smallest absolute Gasteiger partial charge is 0.245 e. The number of hydrogen-bond donors (Lipinski definition) is 2. The fraction of sp³-hybridized carbons (Fsp3) is 0.737. The summed E-state index contributed by atoms with van der Waals surface area (Å²) < 4.78 is 4.97. The number of rotatable bonds is 9. The van der Waals surface area contributed by atoms with E-state index in [2.05, 4.69) is 24.3 Å². The third-order valence-electron chi connectivity index (χ3n) is 5.23. The molecule has 26 heavy (non-hydrogen) atoms. The van der Waals surface area contributed by atoms with Crippen molar-refractivity contribution in [2.45, 2.75) is 52.9 Å². The first kappa shape index (κ1) is 20.4. The summed E-state index contributed by atoms with van der Waals surface area (Å²) in [4.78, 5) is 28.6. The third kappa shape index (κ3) is 6.12. The van der Waals surface area contributed by atoms with E-state index in [0.29, 0.717) is 18.1 Å². The van der Waals surface area contributed by atoms with Crippen LogP contribution in [0.25, 0.3) is 0 Å². The number of aromatic nitrogens is 1. The maximum absolute atomic E-state index is 13.0. The highest BCUT2D eigenvalue weighted by molar-refractivity contribution is 5.94. The summed E-state index contributed by atoms with van der Waals surface area (Å²) in [6.45, 7) is 9.64. The van der Waals surface area contributed by atoms with Crippen LogP contribution in [0.15, 0.2) is 10.6 Å². The van der Waals surface area contributed by atoms with E-state index in [-0.39, 0.29) is 24.3 Å². The highest BCUT2D eigenvalue weighted by Gasteiger charge is 2.28. The van der Waals surface area contributed by atoms with E-state index in [1.54, 1.807) is 17.9 Å². The molecule has 2 amide bonds. The van der Waals surface area contributed by atoms with Gasteiger partial charge in [0, 0.05) is 12.0 Å². The number of quaternary nitrogens is 1. The molecule has 146 valence electrons. The van der Waals surface area contributed by atoms with Gasteiger partial charge in [-0.25, -0.2) is 0 Å². The van der Waals surface area contributed by atoms with Gasteiger partial charge in [-0.1, -0.05) is 24.4 Å². The number of anilines is 1. The summed E-state index contributed by atoms with van der Waals surface area (Å²) >= 11 is 0. The quantitative estimate of drug-likeness (QED) is 0.690. The zero-order valence-electron chi connectivity index (χ0n) is 16.3. The summed E-state index contributed by atoms with van der Waals surface area (Å²) in [5.74, 6) is 1.00. The lowest BCUT2D eigenvalue weighted by Gasteiger charge is -2.29. The van der Waals surface area contributed by atoms with Crippen LogP contribution in [0.1, 0.15) is 51.7 Å². The minimum absolute atomic E-state index is 0.0672. The molecular formula is C19H33N4O3+. The summed E-state index contributed by atoms with van der Waals surface area (Å²) in [7, 11) is 0. The molecular weight excluding hydrogens is 332 g/mol. The van der Waals surface area contributed by atoms with Crippen LogP contribution in [0.2, 0.25) is 0 Å². The van der Waals surface area contributed by atoms with Crippen LogP contribution >= 0.6 is 0 Å². The molecule has 1 fully saturated rings. The lowest BCUT2D eigenvalue weighted by molar-refractivity contribution is -0.895. The van der Waals surface area contributed by atoms with Crippen molar-refractivity contribution in [2.75, 3.05) is 38.0 Å². The Balaban J connectivity index is 1.98. The lowest BCUT2D eigenvalue weighted by atomic mass is 9.88. The van der Waals surface area contributed by atoms with Gasteiger partial charge < -0.3 is 19.6 Å². The van der Waals surface area contributed by atoms with Crippen molar-refractivity contribution in [3.63, 3.8) is 0 Å². The molecule has 2 rings (SSSR count). The molecule has 1 aromatic heterocycles. The SMILES string of the molecule is CC[NH+](CC)CCN(CC(=O)Nc1cc(C)on1)C(=O)C1CCCCC1. The molecule has 1 saturated carbocycles. The highest BCUT2D eigenvalue weighted by atomic mass is 16.5. The number of carbonyl (C=O) groups excluding carboxylic acids is 2. The molecule has 2 N–H and O–H groups in total. The molecule has 1 aromatic rings. The summed E-state index contributed by atoms with van der Waals surface area (Å²) in [5.41, 5.74) is 0. The first-order valence-corrected chi connectivity index (χ1v) is 9.89. The van der Waals surface area contributed by atoms with Gasteiger partial charge in [0.15, 0.2) is 5.82 Å². The van der Waals surface area contributed by atoms with Gasteiger partial charge in [-0.2, -0.15) is 0 Å². The van der Waals surface area contributed by atoms with Gasteiger partial charge in [-0.05, 0) is 33.6 Å². The Labute approximate surface area is 156 Å².